The lowest BCUT2D eigenvalue weighted by Crippen LogP contribution is -2.51. The second-order valence-electron chi connectivity index (χ2n) is 8.11. The summed E-state index contributed by atoms with van der Waals surface area (Å²) in [7, 11) is 0. The van der Waals surface area contributed by atoms with Crippen LogP contribution < -0.4 is 0 Å². The van der Waals surface area contributed by atoms with Gasteiger partial charge < -0.3 is 14.7 Å². The molecule has 0 aromatic carbocycles. The Morgan fingerprint density at radius 3 is 2.33 bits per heavy atom. The van der Waals surface area contributed by atoms with Crippen molar-refractivity contribution in [2.45, 2.75) is 44.0 Å². The van der Waals surface area contributed by atoms with Crippen LogP contribution in [0.4, 0.5) is 13.2 Å². The monoisotopic (exact) mass is 504 g/mol. The molecule has 0 saturated carbocycles. The summed E-state index contributed by atoms with van der Waals surface area (Å²) in [6.07, 6.45) is -1.51. The van der Waals surface area contributed by atoms with Gasteiger partial charge in [-0.3, -0.25) is 9.69 Å². The number of nitrogens with zero attached hydrogens (tertiary/aromatic N) is 2. The van der Waals surface area contributed by atoms with E-state index in [9.17, 15) is 18.0 Å². The molecule has 1 amide bonds. The second-order valence-corrected chi connectivity index (χ2v) is 10.2. The van der Waals surface area contributed by atoms with Gasteiger partial charge in [-0.2, -0.15) is 13.2 Å². The lowest BCUT2D eigenvalue weighted by molar-refractivity contribution is -0.192. The van der Waals surface area contributed by atoms with Gasteiger partial charge in [0.15, 0.2) is 0 Å². The molecule has 0 radical (unpaired) electrons. The van der Waals surface area contributed by atoms with E-state index in [1.807, 2.05) is 22.8 Å². The van der Waals surface area contributed by atoms with Gasteiger partial charge in [-0.25, -0.2) is 4.79 Å². The maximum Gasteiger partial charge on any atom is 0.490 e. The van der Waals surface area contributed by atoms with Crippen LogP contribution >= 0.6 is 22.7 Å². The van der Waals surface area contributed by atoms with Crippen molar-refractivity contribution in [3.63, 3.8) is 0 Å². The predicted molar refractivity (Wildman–Crippen MR) is 120 cm³/mol. The normalized spacial score (nSPS) is 21.8. The van der Waals surface area contributed by atoms with Gasteiger partial charge in [-0.05, 0) is 42.2 Å². The van der Waals surface area contributed by atoms with Crippen molar-refractivity contribution in [2.75, 3.05) is 32.8 Å². The highest BCUT2D eigenvalue weighted by atomic mass is 32.1. The maximum atomic E-state index is 12.6. The maximum absolute atomic E-state index is 12.6. The molecule has 0 bridgehead atoms. The van der Waals surface area contributed by atoms with Gasteiger partial charge in [-0.15, -0.1) is 22.7 Å². The molecule has 2 aliphatic rings. The minimum Gasteiger partial charge on any atom is -0.475 e. The SMILES string of the molecule is O=C(Cc1cccs1)N1CCCC2(CC1)CN(Cc1cccs1)CCO2.O=C(O)C(F)(F)F. The fraction of sp³-hybridized carbons (Fsp3) is 0.545. The Morgan fingerprint density at radius 2 is 1.73 bits per heavy atom. The average molecular weight is 505 g/mol. The smallest absolute Gasteiger partial charge is 0.475 e. The predicted octanol–water partition coefficient (Wildman–Crippen LogP) is 4.27. The van der Waals surface area contributed by atoms with Gasteiger partial charge in [-0.1, -0.05) is 12.1 Å². The Labute approximate surface area is 198 Å². The number of morpholine rings is 1. The summed E-state index contributed by atoms with van der Waals surface area (Å²) >= 11 is 3.49. The van der Waals surface area contributed by atoms with Crippen molar-refractivity contribution >= 4 is 34.6 Å². The topological polar surface area (TPSA) is 70.1 Å². The zero-order chi connectivity index (χ0) is 23.9. The van der Waals surface area contributed by atoms with Gasteiger partial charge in [0.1, 0.15) is 0 Å². The number of carbonyl (C=O) groups is 2. The zero-order valence-electron chi connectivity index (χ0n) is 18.1. The first-order chi connectivity index (χ1) is 15.7. The van der Waals surface area contributed by atoms with Gasteiger partial charge in [0.25, 0.3) is 0 Å². The van der Waals surface area contributed by atoms with E-state index in [1.54, 1.807) is 11.3 Å². The number of ether oxygens (including phenoxy) is 1. The Kier molecular flexibility index (Phi) is 8.91. The number of carbonyl (C=O) groups excluding carboxylic acids is 1. The van der Waals surface area contributed by atoms with Crippen LogP contribution in [0, 0.1) is 0 Å². The number of thiophene rings is 2. The van der Waals surface area contributed by atoms with Crippen LogP contribution in [-0.4, -0.2) is 71.3 Å². The van der Waals surface area contributed by atoms with Crippen molar-refractivity contribution in [3.05, 3.63) is 44.8 Å². The van der Waals surface area contributed by atoms with E-state index in [2.05, 4.69) is 33.4 Å². The number of likely N-dealkylation sites (tertiary alicyclic amines) is 1. The molecule has 1 atom stereocenters. The molecule has 4 rings (SSSR count). The molecule has 182 valence electrons. The standard InChI is InChI=1S/C20H26N2O2S2.C2HF3O2/c23-19(14-17-4-1-12-25-17)22-8-3-6-20(7-9-22)16-21(10-11-24-20)15-18-5-2-13-26-18;3-2(4,5)1(6)7/h1-2,4-5,12-13H,3,6-11,14-16H2;(H,6,7). The number of hydrogen-bond acceptors (Lipinski definition) is 6. The molecule has 1 spiro atoms. The van der Waals surface area contributed by atoms with Crippen LogP contribution in [0.3, 0.4) is 0 Å². The lowest BCUT2D eigenvalue weighted by Gasteiger charge is -2.42. The molecule has 2 aromatic heterocycles. The summed E-state index contributed by atoms with van der Waals surface area (Å²) in [5.74, 6) is -2.50. The third kappa shape index (κ3) is 7.80. The summed E-state index contributed by atoms with van der Waals surface area (Å²) in [5, 5.41) is 11.3. The third-order valence-corrected chi connectivity index (χ3v) is 7.42. The fourth-order valence-corrected chi connectivity index (χ4v) is 5.52. The first kappa shape index (κ1) is 25.7. The van der Waals surface area contributed by atoms with E-state index >= 15 is 0 Å². The Morgan fingerprint density at radius 1 is 1.06 bits per heavy atom. The zero-order valence-corrected chi connectivity index (χ0v) is 19.7. The van der Waals surface area contributed by atoms with Crippen molar-refractivity contribution in [3.8, 4) is 0 Å². The largest absolute Gasteiger partial charge is 0.490 e. The Bertz CT molecular complexity index is 890. The van der Waals surface area contributed by atoms with Crippen molar-refractivity contribution < 1.29 is 32.6 Å². The number of carboxylic acids is 1. The van der Waals surface area contributed by atoms with Crippen LogP contribution in [0.15, 0.2) is 35.0 Å². The van der Waals surface area contributed by atoms with Crippen molar-refractivity contribution in [1.82, 2.24) is 9.80 Å². The van der Waals surface area contributed by atoms with Crippen LogP contribution in [0.1, 0.15) is 29.0 Å². The molecule has 1 unspecified atom stereocenters. The van der Waals surface area contributed by atoms with E-state index in [-0.39, 0.29) is 11.5 Å². The molecule has 2 aliphatic heterocycles. The summed E-state index contributed by atoms with van der Waals surface area (Å²) in [6.45, 7) is 5.48. The summed E-state index contributed by atoms with van der Waals surface area (Å²) in [4.78, 5) is 28.7. The molecule has 11 heteroatoms. The van der Waals surface area contributed by atoms with E-state index < -0.39 is 12.1 Å². The molecular weight excluding hydrogens is 477 g/mol. The Hall–Kier alpha value is -1.95. The molecule has 2 saturated heterocycles. The molecular formula is C22H27F3N2O4S2. The number of halogens is 3. The van der Waals surface area contributed by atoms with E-state index in [1.165, 1.54) is 4.88 Å². The molecule has 0 aliphatic carbocycles. The number of aliphatic carboxylic acids is 1. The van der Waals surface area contributed by atoms with Crippen LogP contribution in [-0.2, 0) is 27.3 Å². The Balaban J connectivity index is 0.000000383. The third-order valence-electron chi connectivity index (χ3n) is 5.69. The quantitative estimate of drug-likeness (QED) is 0.674. The fourth-order valence-electron chi connectivity index (χ4n) is 4.07. The summed E-state index contributed by atoms with van der Waals surface area (Å²) in [6, 6.07) is 8.40. The second kappa shape index (κ2) is 11.5. The van der Waals surface area contributed by atoms with Crippen molar-refractivity contribution in [2.24, 2.45) is 0 Å². The van der Waals surface area contributed by atoms with E-state index in [0.717, 1.165) is 63.5 Å². The van der Waals surface area contributed by atoms with Crippen molar-refractivity contribution in [1.29, 1.82) is 0 Å². The van der Waals surface area contributed by atoms with Crippen LogP contribution in [0.2, 0.25) is 0 Å². The average Bonchev–Trinajstić information content (AvgIpc) is 3.41. The van der Waals surface area contributed by atoms with Gasteiger partial charge in [0.2, 0.25) is 5.91 Å². The number of amides is 1. The summed E-state index contributed by atoms with van der Waals surface area (Å²) < 4.78 is 38.0. The van der Waals surface area contributed by atoms with Crippen LogP contribution in [0.25, 0.3) is 0 Å². The van der Waals surface area contributed by atoms with Gasteiger partial charge >= 0.3 is 12.1 Å². The summed E-state index contributed by atoms with van der Waals surface area (Å²) in [5.41, 5.74) is -0.0759. The van der Waals surface area contributed by atoms with E-state index in [0.29, 0.717) is 6.42 Å². The first-order valence-electron chi connectivity index (χ1n) is 10.7. The highest BCUT2D eigenvalue weighted by Crippen LogP contribution is 2.31. The van der Waals surface area contributed by atoms with E-state index in [4.69, 9.17) is 14.6 Å². The molecule has 2 aromatic rings. The number of hydrogen-bond donors (Lipinski definition) is 1. The molecule has 6 nitrogen and oxygen atoms in total. The lowest BCUT2D eigenvalue weighted by atomic mass is 9.92. The minimum atomic E-state index is -5.08. The molecule has 33 heavy (non-hydrogen) atoms. The number of carboxylic acid groups (broad SMARTS) is 1. The highest BCUT2D eigenvalue weighted by Gasteiger charge is 2.39. The highest BCUT2D eigenvalue weighted by molar-refractivity contribution is 7.10. The minimum absolute atomic E-state index is 0.0759. The first-order valence-corrected chi connectivity index (χ1v) is 12.4. The number of alkyl halides is 3. The molecule has 4 heterocycles. The van der Waals surface area contributed by atoms with Gasteiger partial charge in [0, 0.05) is 42.5 Å². The molecule has 1 N–H and O–H groups in total. The number of rotatable bonds is 4. The molecule has 2 fully saturated rings. The van der Waals surface area contributed by atoms with Gasteiger partial charge in [0.05, 0.1) is 18.6 Å². The van der Waals surface area contributed by atoms with Crippen LogP contribution in [0.5, 0.6) is 0 Å².